The van der Waals surface area contributed by atoms with Gasteiger partial charge in [-0.2, -0.15) is 0 Å². The van der Waals surface area contributed by atoms with Crippen LogP contribution in [-0.4, -0.2) is 25.5 Å². The van der Waals surface area contributed by atoms with E-state index in [9.17, 15) is 4.79 Å². The Bertz CT molecular complexity index is 677. The zero-order valence-electron chi connectivity index (χ0n) is 12.6. The van der Waals surface area contributed by atoms with Gasteiger partial charge in [-0.05, 0) is 62.7 Å². The summed E-state index contributed by atoms with van der Waals surface area (Å²) in [7, 11) is 1.99. The second-order valence-corrected chi connectivity index (χ2v) is 6.56. The number of thiophene rings is 1. The third-order valence-electron chi connectivity index (χ3n) is 4.13. The van der Waals surface area contributed by atoms with Crippen LogP contribution in [-0.2, 0) is 6.42 Å². The Morgan fingerprint density at radius 1 is 1.33 bits per heavy atom. The van der Waals surface area contributed by atoms with Crippen molar-refractivity contribution in [1.29, 1.82) is 0 Å². The molecule has 1 N–H and O–H groups in total. The van der Waals surface area contributed by atoms with Crippen LogP contribution in [0.25, 0.3) is 10.4 Å². The fraction of sp³-hybridized carbons (Fsp3) is 0.353. The van der Waals surface area contributed by atoms with Crippen molar-refractivity contribution in [1.82, 2.24) is 5.32 Å². The summed E-state index contributed by atoms with van der Waals surface area (Å²) in [5, 5.41) is 3.30. The molecule has 3 nitrogen and oxygen atoms in total. The molecule has 0 spiro atoms. The van der Waals surface area contributed by atoms with Gasteiger partial charge in [-0.1, -0.05) is 6.07 Å². The van der Waals surface area contributed by atoms with Gasteiger partial charge in [0, 0.05) is 17.1 Å². The van der Waals surface area contributed by atoms with Gasteiger partial charge < -0.3 is 10.2 Å². The number of nitrogens with zero attached hydrogens (tertiary/aromatic N) is 1. The molecule has 0 radical (unpaired) electrons. The number of hydrogen-bond donors (Lipinski definition) is 1. The highest BCUT2D eigenvalue weighted by atomic mass is 32.1. The normalized spacial score (nSPS) is 15.1. The highest BCUT2D eigenvalue weighted by Crippen LogP contribution is 2.35. The summed E-state index contributed by atoms with van der Waals surface area (Å²) in [5.41, 5.74) is 3.93. The average Bonchev–Trinajstić information content (AvgIpc) is 3.12. The van der Waals surface area contributed by atoms with Crippen molar-refractivity contribution >= 4 is 22.8 Å². The standard InChI is InChI=1S/C17H20N2OS/c1-11(20)16-6-7-17(21-16)14-4-5-15-13(10-14)8-9-19(15)12(2)18-3/h4-7,10,12,18H,8-9H2,1-3H3. The molecule has 1 unspecified atom stereocenters. The summed E-state index contributed by atoms with van der Waals surface area (Å²) < 4.78 is 0. The first-order valence-corrected chi connectivity index (χ1v) is 8.10. The number of ketones is 1. The number of Topliss-reactive ketones (excluding diaryl/α,β-unsaturated/α-hetero) is 1. The number of carbonyl (C=O) groups excluding carboxylic acids is 1. The molecule has 21 heavy (non-hydrogen) atoms. The number of fused-ring (bicyclic) bond motifs is 1. The predicted octanol–water partition coefficient (Wildman–Crippen LogP) is 3.55. The van der Waals surface area contributed by atoms with Gasteiger partial charge in [0.25, 0.3) is 0 Å². The van der Waals surface area contributed by atoms with Gasteiger partial charge >= 0.3 is 0 Å². The first kappa shape index (κ1) is 14.3. The molecule has 0 saturated heterocycles. The Morgan fingerprint density at radius 2 is 2.14 bits per heavy atom. The first-order valence-electron chi connectivity index (χ1n) is 7.28. The van der Waals surface area contributed by atoms with Crippen molar-refractivity contribution in [2.45, 2.75) is 26.4 Å². The Labute approximate surface area is 129 Å². The Kier molecular flexibility index (Phi) is 3.83. The minimum Gasteiger partial charge on any atom is -0.356 e. The fourth-order valence-electron chi connectivity index (χ4n) is 2.82. The van der Waals surface area contributed by atoms with Crippen molar-refractivity contribution in [3.8, 4) is 10.4 Å². The van der Waals surface area contributed by atoms with Gasteiger partial charge in [-0.25, -0.2) is 0 Å². The molecule has 1 aromatic carbocycles. The smallest absolute Gasteiger partial charge is 0.169 e. The largest absolute Gasteiger partial charge is 0.356 e. The lowest BCUT2D eigenvalue weighted by atomic mass is 10.1. The summed E-state index contributed by atoms with van der Waals surface area (Å²) in [6.07, 6.45) is 1.43. The summed E-state index contributed by atoms with van der Waals surface area (Å²) in [5.74, 6) is 0.140. The zero-order chi connectivity index (χ0) is 15.0. The second kappa shape index (κ2) is 5.62. The molecule has 1 aliphatic rings. The van der Waals surface area contributed by atoms with Crippen LogP contribution in [0, 0.1) is 0 Å². The molecular weight excluding hydrogens is 280 g/mol. The number of hydrogen-bond acceptors (Lipinski definition) is 4. The van der Waals surface area contributed by atoms with E-state index in [2.05, 4.69) is 35.3 Å². The van der Waals surface area contributed by atoms with Crippen LogP contribution >= 0.6 is 11.3 Å². The lowest BCUT2D eigenvalue weighted by molar-refractivity contribution is 0.102. The molecule has 0 fully saturated rings. The number of rotatable bonds is 4. The molecule has 0 amide bonds. The van der Waals surface area contributed by atoms with Crippen LogP contribution in [0.2, 0.25) is 0 Å². The van der Waals surface area contributed by atoms with Crippen molar-refractivity contribution in [3.05, 3.63) is 40.8 Å². The summed E-state index contributed by atoms with van der Waals surface area (Å²) in [4.78, 5) is 15.8. The van der Waals surface area contributed by atoms with E-state index in [0.29, 0.717) is 6.17 Å². The number of anilines is 1. The molecular formula is C17H20N2OS. The van der Waals surface area contributed by atoms with Crippen LogP contribution in [0.5, 0.6) is 0 Å². The van der Waals surface area contributed by atoms with Crippen LogP contribution in [0.1, 0.15) is 29.1 Å². The quantitative estimate of drug-likeness (QED) is 0.877. The van der Waals surface area contributed by atoms with Gasteiger partial charge in [-0.3, -0.25) is 4.79 Å². The molecule has 4 heteroatoms. The van der Waals surface area contributed by atoms with Crippen LogP contribution in [0.3, 0.4) is 0 Å². The first-order chi connectivity index (χ1) is 10.1. The van der Waals surface area contributed by atoms with Crippen molar-refractivity contribution in [3.63, 3.8) is 0 Å². The number of benzene rings is 1. The van der Waals surface area contributed by atoms with E-state index in [0.717, 1.165) is 17.8 Å². The molecule has 2 heterocycles. The second-order valence-electron chi connectivity index (χ2n) is 5.47. The van der Waals surface area contributed by atoms with Gasteiger partial charge in [0.15, 0.2) is 5.78 Å². The predicted molar refractivity (Wildman–Crippen MR) is 89.3 cm³/mol. The minimum atomic E-state index is 0.140. The summed E-state index contributed by atoms with van der Waals surface area (Å²) >= 11 is 1.58. The van der Waals surface area contributed by atoms with E-state index in [4.69, 9.17) is 0 Å². The summed E-state index contributed by atoms with van der Waals surface area (Å²) in [6, 6.07) is 10.6. The number of nitrogens with one attached hydrogen (secondary N) is 1. The van der Waals surface area contributed by atoms with E-state index in [1.54, 1.807) is 18.3 Å². The lowest BCUT2D eigenvalue weighted by Crippen LogP contribution is -2.40. The Hall–Kier alpha value is -1.65. The van der Waals surface area contributed by atoms with Crippen LogP contribution in [0.4, 0.5) is 5.69 Å². The van der Waals surface area contributed by atoms with E-state index >= 15 is 0 Å². The van der Waals surface area contributed by atoms with E-state index in [1.807, 2.05) is 19.2 Å². The molecule has 110 valence electrons. The third kappa shape index (κ3) is 2.61. The van der Waals surface area contributed by atoms with Gasteiger partial charge in [0.2, 0.25) is 0 Å². The summed E-state index contributed by atoms with van der Waals surface area (Å²) in [6.45, 7) is 4.86. The van der Waals surface area contributed by atoms with E-state index in [1.165, 1.54) is 21.7 Å². The highest BCUT2D eigenvalue weighted by molar-refractivity contribution is 7.17. The lowest BCUT2D eigenvalue weighted by Gasteiger charge is -2.26. The van der Waals surface area contributed by atoms with Crippen molar-refractivity contribution < 1.29 is 4.79 Å². The van der Waals surface area contributed by atoms with Crippen molar-refractivity contribution in [2.75, 3.05) is 18.5 Å². The molecule has 1 aliphatic heterocycles. The Balaban J connectivity index is 1.92. The minimum absolute atomic E-state index is 0.140. The molecule has 1 aromatic heterocycles. The molecule has 1 atom stereocenters. The van der Waals surface area contributed by atoms with Crippen LogP contribution < -0.4 is 10.2 Å². The highest BCUT2D eigenvalue weighted by Gasteiger charge is 2.23. The molecule has 0 saturated carbocycles. The third-order valence-corrected chi connectivity index (χ3v) is 5.37. The van der Waals surface area contributed by atoms with Gasteiger partial charge in [0.1, 0.15) is 0 Å². The Morgan fingerprint density at radius 3 is 2.81 bits per heavy atom. The molecule has 2 aromatic rings. The maximum absolute atomic E-state index is 11.4. The van der Waals surface area contributed by atoms with E-state index < -0.39 is 0 Å². The average molecular weight is 300 g/mol. The zero-order valence-corrected chi connectivity index (χ0v) is 13.5. The SMILES string of the molecule is CNC(C)N1CCc2cc(-c3ccc(C(C)=O)s3)ccc21. The van der Waals surface area contributed by atoms with Crippen molar-refractivity contribution in [2.24, 2.45) is 0 Å². The van der Waals surface area contributed by atoms with Gasteiger partial charge in [-0.15, -0.1) is 11.3 Å². The van der Waals surface area contributed by atoms with Crippen LogP contribution in [0.15, 0.2) is 30.3 Å². The number of carbonyl (C=O) groups is 1. The van der Waals surface area contributed by atoms with E-state index in [-0.39, 0.29) is 5.78 Å². The maximum atomic E-state index is 11.4. The maximum Gasteiger partial charge on any atom is 0.169 e. The monoisotopic (exact) mass is 300 g/mol. The molecule has 0 bridgehead atoms. The van der Waals surface area contributed by atoms with Gasteiger partial charge in [0.05, 0.1) is 11.0 Å². The molecule has 0 aliphatic carbocycles. The topological polar surface area (TPSA) is 32.3 Å². The fourth-order valence-corrected chi connectivity index (χ4v) is 3.72. The molecule has 3 rings (SSSR count).